The summed E-state index contributed by atoms with van der Waals surface area (Å²) in [4.78, 5) is 24.2. The molecule has 166 valence electrons. The minimum Gasteiger partial charge on any atom is -0.356 e. The van der Waals surface area contributed by atoms with E-state index in [1.54, 1.807) is 0 Å². The number of anilines is 1. The van der Waals surface area contributed by atoms with Crippen molar-refractivity contribution in [1.82, 2.24) is 24.8 Å². The van der Waals surface area contributed by atoms with Crippen molar-refractivity contribution >= 4 is 5.82 Å². The Balaban J connectivity index is 1.33. The van der Waals surface area contributed by atoms with E-state index in [1.807, 2.05) is 24.5 Å². The second-order valence-corrected chi connectivity index (χ2v) is 9.03. The maximum absolute atomic E-state index is 5.19. The van der Waals surface area contributed by atoms with E-state index in [2.05, 4.69) is 51.0 Å². The summed E-state index contributed by atoms with van der Waals surface area (Å²) in [7, 11) is 0. The number of likely N-dealkylation sites (tertiary alicyclic amines) is 1. The zero-order valence-electron chi connectivity index (χ0n) is 19.0. The first-order valence-electron chi connectivity index (χ1n) is 11.9. The molecule has 0 aromatic carbocycles. The van der Waals surface area contributed by atoms with Crippen LogP contribution in [0.5, 0.6) is 0 Å². The molecular weight excluding hydrogens is 396 g/mol. The molecule has 1 atom stereocenters. The van der Waals surface area contributed by atoms with Gasteiger partial charge in [-0.3, -0.25) is 14.9 Å². The third kappa shape index (κ3) is 4.80. The number of aromatic nitrogens is 4. The van der Waals surface area contributed by atoms with E-state index in [0.29, 0.717) is 5.92 Å². The van der Waals surface area contributed by atoms with Crippen molar-refractivity contribution in [3.8, 4) is 0 Å². The van der Waals surface area contributed by atoms with Crippen LogP contribution in [-0.4, -0.2) is 51.0 Å². The Kier molecular flexibility index (Phi) is 6.39. The van der Waals surface area contributed by atoms with E-state index >= 15 is 0 Å². The summed E-state index contributed by atoms with van der Waals surface area (Å²) in [6.07, 6.45) is 9.29. The molecule has 0 saturated carbocycles. The first-order valence-corrected chi connectivity index (χ1v) is 11.9. The number of pyridine rings is 2. The SMILES string of the molecule is Cc1nc(C2CCCN(Cc3ccccn3)C2)nc2c1CCCN2CCc1ccccn1. The number of nitrogens with zero attached hydrogens (tertiary/aromatic N) is 6. The molecule has 0 amide bonds. The number of piperidine rings is 1. The van der Waals surface area contributed by atoms with Crippen LogP contribution in [-0.2, 0) is 19.4 Å². The molecule has 2 aliphatic rings. The Morgan fingerprint density at radius 2 is 1.75 bits per heavy atom. The number of rotatable bonds is 6. The van der Waals surface area contributed by atoms with Crippen LogP contribution >= 0.6 is 0 Å². The second kappa shape index (κ2) is 9.74. The van der Waals surface area contributed by atoms with Gasteiger partial charge in [0.05, 0.1) is 5.69 Å². The molecule has 3 aromatic rings. The maximum Gasteiger partial charge on any atom is 0.135 e. The lowest BCUT2D eigenvalue weighted by atomic mass is 9.96. The molecule has 5 rings (SSSR count). The molecule has 32 heavy (non-hydrogen) atoms. The molecule has 5 heterocycles. The van der Waals surface area contributed by atoms with Crippen LogP contribution < -0.4 is 4.90 Å². The predicted molar refractivity (Wildman–Crippen MR) is 127 cm³/mol. The van der Waals surface area contributed by atoms with Crippen molar-refractivity contribution in [2.75, 3.05) is 31.1 Å². The van der Waals surface area contributed by atoms with Gasteiger partial charge in [0.2, 0.25) is 0 Å². The van der Waals surface area contributed by atoms with Crippen LogP contribution in [0, 0.1) is 6.92 Å². The van der Waals surface area contributed by atoms with Gasteiger partial charge < -0.3 is 4.90 Å². The standard InChI is InChI=1S/C26H32N6/c1-20-24-11-7-16-32(17-12-22-9-2-4-13-27-22)26(24)30-25(29-20)21-8-6-15-31(18-21)19-23-10-3-5-14-28-23/h2-5,9-10,13-14,21H,6-8,11-12,15-19H2,1H3. The van der Waals surface area contributed by atoms with Gasteiger partial charge in [-0.1, -0.05) is 12.1 Å². The van der Waals surface area contributed by atoms with Crippen molar-refractivity contribution in [1.29, 1.82) is 0 Å². The van der Waals surface area contributed by atoms with Gasteiger partial charge in [0.25, 0.3) is 0 Å². The lowest BCUT2D eigenvalue weighted by molar-refractivity contribution is 0.194. The number of aryl methyl sites for hydroxylation is 1. The van der Waals surface area contributed by atoms with E-state index in [0.717, 1.165) is 80.7 Å². The average molecular weight is 429 g/mol. The monoisotopic (exact) mass is 428 g/mol. The molecular formula is C26H32N6. The molecule has 1 unspecified atom stereocenters. The Labute approximate surface area is 190 Å². The topological polar surface area (TPSA) is 58.0 Å². The summed E-state index contributed by atoms with van der Waals surface area (Å²) in [5, 5.41) is 0. The molecule has 0 bridgehead atoms. The fourth-order valence-electron chi connectivity index (χ4n) is 5.04. The third-order valence-electron chi connectivity index (χ3n) is 6.71. The maximum atomic E-state index is 5.19. The van der Waals surface area contributed by atoms with E-state index in [9.17, 15) is 0 Å². The minimum atomic E-state index is 0.385. The van der Waals surface area contributed by atoms with E-state index in [1.165, 1.54) is 18.4 Å². The van der Waals surface area contributed by atoms with Crippen LogP contribution in [0.3, 0.4) is 0 Å². The van der Waals surface area contributed by atoms with Gasteiger partial charge in [-0.15, -0.1) is 0 Å². The summed E-state index contributed by atoms with van der Waals surface area (Å²) in [6.45, 7) is 7.21. The summed E-state index contributed by atoms with van der Waals surface area (Å²) in [5.74, 6) is 2.57. The highest BCUT2D eigenvalue weighted by Gasteiger charge is 2.28. The molecule has 1 fully saturated rings. The lowest BCUT2D eigenvalue weighted by Gasteiger charge is -2.34. The number of fused-ring (bicyclic) bond motifs is 1. The number of hydrogen-bond acceptors (Lipinski definition) is 6. The summed E-state index contributed by atoms with van der Waals surface area (Å²) in [6, 6.07) is 12.3. The summed E-state index contributed by atoms with van der Waals surface area (Å²) < 4.78 is 0. The molecule has 1 saturated heterocycles. The summed E-state index contributed by atoms with van der Waals surface area (Å²) in [5.41, 5.74) is 4.77. The molecule has 2 aliphatic heterocycles. The molecule has 0 N–H and O–H groups in total. The summed E-state index contributed by atoms with van der Waals surface area (Å²) >= 11 is 0. The van der Waals surface area contributed by atoms with Gasteiger partial charge in [0.1, 0.15) is 11.6 Å². The van der Waals surface area contributed by atoms with E-state index < -0.39 is 0 Å². The molecule has 0 radical (unpaired) electrons. The normalized spacial score (nSPS) is 19.0. The first kappa shape index (κ1) is 21.0. The van der Waals surface area contributed by atoms with Crippen LogP contribution in [0.2, 0.25) is 0 Å². The number of hydrogen-bond donors (Lipinski definition) is 0. The van der Waals surface area contributed by atoms with Gasteiger partial charge in [-0.2, -0.15) is 0 Å². The lowest BCUT2D eigenvalue weighted by Crippen LogP contribution is -2.36. The largest absolute Gasteiger partial charge is 0.356 e. The quantitative estimate of drug-likeness (QED) is 0.593. The fourth-order valence-corrected chi connectivity index (χ4v) is 5.04. The average Bonchev–Trinajstić information content (AvgIpc) is 2.84. The highest BCUT2D eigenvalue weighted by atomic mass is 15.2. The van der Waals surface area contributed by atoms with Crippen LogP contribution in [0.1, 0.15) is 53.7 Å². The van der Waals surface area contributed by atoms with Crippen LogP contribution in [0.15, 0.2) is 48.8 Å². The Morgan fingerprint density at radius 1 is 0.938 bits per heavy atom. The molecule has 3 aromatic heterocycles. The highest BCUT2D eigenvalue weighted by Crippen LogP contribution is 2.32. The second-order valence-electron chi connectivity index (χ2n) is 9.03. The molecule has 6 nitrogen and oxygen atoms in total. The molecule has 0 spiro atoms. The minimum absolute atomic E-state index is 0.385. The van der Waals surface area contributed by atoms with Gasteiger partial charge in [-0.25, -0.2) is 9.97 Å². The fraction of sp³-hybridized carbons (Fsp3) is 0.462. The predicted octanol–water partition coefficient (Wildman–Crippen LogP) is 3.95. The van der Waals surface area contributed by atoms with Crippen molar-refractivity contribution < 1.29 is 0 Å². The van der Waals surface area contributed by atoms with Crippen molar-refractivity contribution in [3.05, 3.63) is 77.3 Å². The zero-order chi connectivity index (χ0) is 21.8. The van der Waals surface area contributed by atoms with Gasteiger partial charge >= 0.3 is 0 Å². The Hall–Kier alpha value is -2.86. The van der Waals surface area contributed by atoms with E-state index in [-0.39, 0.29) is 0 Å². The van der Waals surface area contributed by atoms with Gasteiger partial charge in [0.15, 0.2) is 0 Å². The van der Waals surface area contributed by atoms with E-state index in [4.69, 9.17) is 9.97 Å². The van der Waals surface area contributed by atoms with Crippen molar-refractivity contribution in [2.24, 2.45) is 0 Å². The van der Waals surface area contributed by atoms with Crippen molar-refractivity contribution in [3.63, 3.8) is 0 Å². The smallest absolute Gasteiger partial charge is 0.135 e. The highest BCUT2D eigenvalue weighted by molar-refractivity contribution is 5.51. The van der Waals surface area contributed by atoms with Crippen LogP contribution in [0.25, 0.3) is 0 Å². The van der Waals surface area contributed by atoms with Gasteiger partial charge in [0, 0.05) is 67.9 Å². The van der Waals surface area contributed by atoms with Gasteiger partial charge in [-0.05, 0) is 63.4 Å². The Bertz CT molecular complexity index is 1020. The van der Waals surface area contributed by atoms with Crippen LogP contribution in [0.4, 0.5) is 5.82 Å². The first-order chi connectivity index (χ1) is 15.8. The zero-order valence-corrected chi connectivity index (χ0v) is 19.0. The Morgan fingerprint density at radius 3 is 2.53 bits per heavy atom. The molecule has 6 heteroatoms. The third-order valence-corrected chi connectivity index (χ3v) is 6.71. The van der Waals surface area contributed by atoms with Crippen molar-refractivity contribution in [2.45, 2.75) is 51.5 Å². The molecule has 0 aliphatic carbocycles.